The van der Waals surface area contributed by atoms with Gasteiger partial charge in [-0.2, -0.15) is 0 Å². The first-order valence-electron chi connectivity index (χ1n) is 3.18. The predicted molar refractivity (Wildman–Crippen MR) is 36.6 cm³/mol. The Hall–Kier alpha value is 0.830. The fourth-order valence-electron chi connectivity index (χ4n) is 0.724. The molecule has 0 aliphatic heterocycles. The maximum atomic E-state index is 10.3. The molecule has 0 radical (unpaired) electrons. The molecule has 0 saturated carbocycles. The molecule has 7 heteroatoms. The molecule has 0 fully saturated rings. The third kappa shape index (κ3) is 6.36. The van der Waals surface area contributed by atoms with Crippen molar-refractivity contribution in [3.63, 3.8) is 0 Å². The smallest absolute Gasteiger partial charge is 0.748 e. The standard InChI is InChI=1S/C5H12O5S.Na/c1-2-4(3-5(6)7)11(8,9)10;/h4-7H,2-3H2,1H3,(H,8,9,10);/q;+1/p-1. The molecule has 5 nitrogen and oxygen atoms in total. The molecule has 0 rings (SSSR count). The molecular formula is C5H11NaO5S. The molecule has 0 aromatic heterocycles. The summed E-state index contributed by atoms with van der Waals surface area (Å²) < 4.78 is 31.0. The summed E-state index contributed by atoms with van der Waals surface area (Å²) in [6, 6.07) is 0. The van der Waals surface area contributed by atoms with Crippen LogP contribution in [0.15, 0.2) is 0 Å². The molecule has 0 bridgehead atoms. The van der Waals surface area contributed by atoms with Crippen LogP contribution in [0.3, 0.4) is 0 Å². The Kier molecular flexibility index (Phi) is 8.05. The Morgan fingerprint density at radius 3 is 1.92 bits per heavy atom. The van der Waals surface area contributed by atoms with Gasteiger partial charge in [-0.3, -0.25) is 0 Å². The molecule has 68 valence electrons. The third-order valence-electron chi connectivity index (χ3n) is 1.34. The van der Waals surface area contributed by atoms with Crippen LogP contribution in [0.4, 0.5) is 0 Å². The molecule has 0 aliphatic rings. The van der Waals surface area contributed by atoms with E-state index in [4.69, 9.17) is 10.2 Å². The van der Waals surface area contributed by atoms with E-state index < -0.39 is 28.1 Å². The van der Waals surface area contributed by atoms with E-state index in [1.54, 1.807) is 0 Å². The summed E-state index contributed by atoms with van der Waals surface area (Å²) in [5, 5.41) is 15.5. The van der Waals surface area contributed by atoms with E-state index in [2.05, 4.69) is 0 Å². The van der Waals surface area contributed by atoms with Gasteiger partial charge in [0, 0.05) is 6.42 Å². The zero-order chi connectivity index (χ0) is 9.07. The van der Waals surface area contributed by atoms with E-state index in [1.165, 1.54) is 6.92 Å². The number of rotatable bonds is 4. The molecule has 0 spiro atoms. The van der Waals surface area contributed by atoms with Crippen LogP contribution in [-0.2, 0) is 10.1 Å². The van der Waals surface area contributed by atoms with Gasteiger partial charge in [-0.25, -0.2) is 8.42 Å². The van der Waals surface area contributed by atoms with Crippen molar-refractivity contribution in [3.05, 3.63) is 0 Å². The number of aliphatic hydroxyl groups excluding tert-OH is 1. The van der Waals surface area contributed by atoms with E-state index in [0.29, 0.717) is 0 Å². The molecule has 1 unspecified atom stereocenters. The fourth-order valence-corrected chi connectivity index (χ4v) is 1.54. The maximum absolute atomic E-state index is 10.3. The Morgan fingerprint density at radius 2 is 1.83 bits per heavy atom. The molecular weight excluding hydrogens is 195 g/mol. The maximum Gasteiger partial charge on any atom is 1.00 e. The normalized spacial score (nSPS) is 14.1. The van der Waals surface area contributed by atoms with Crippen molar-refractivity contribution in [2.45, 2.75) is 31.3 Å². The Morgan fingerprint density at radius 1 is 1.42 bits per heavy atom. The van der Waals surface area contributed by atoms with Crippen LogP contribution in [0, 0.1) is 0 Å². The largest absolute Gasteiger partial charge is 1.00 e. The van der Waals surface area contributed by atoms with E-state index in [1.807, 2.05) is 0 Å². The fraction of sp³-hybridized carbons (Fsp3) is 1.00. The molecule has 0 heterocycles. The molecule has 2 N–H and O–H groups in total. The Labute approximate surface area is 93.8 Å². The summed E-state index contributed by atoms with van der Waals surface area (Å²) in [7, 11) is -4.38. The predicted octanol–water partition coefficient (Wildman–Crippen LogP) is -3.98. The van der Waals surface area contributed by atoms with Gasteiger partial charge in [0.25, 0.3) is 0 Å². The Bertz CT molecular complexity index is 200. The first-order valence-corrected chi connectivity index (χ1v) is 4.66. The van der Waals surface area contributed by atoms with E-state index in [-0.39, 0.29) is 36.0 Å². The van der Waals surface area contributed by atoms with Crippen molar-refractivity contribution in [1.82, 2.24) is 0 Å². The van der Waals surface area contributed by atoms with Gasteiger partial charge >= 0.3 is 29.6 Å². The van der Waals surface area contributed by atoms with Crippen LogP contribution < -0.4 is 29.6 Å². The summed E-state index contributed by atoms with van der Waals surface area (Å²) in [4.78, 5) is 0. The molecule has 0 aromatic carbocycles. The van der Waals surface area contributed by atoms with Gasteiger partial charge in [0.1, 0.15) is 0 Å². The monoisotopic (exact) mass is 206 g/mol. The first kappa shape index (κ1) is 15.3. The third-order valence-corrected chi connectivity index (χ3v) is 2.68. The molecule has 1 atom stereocenters. The molecule has 0 saturated heterocycles. The minimum Gasteiger partial charge on any atom is -0.748 e. The van der Waals surface area contributed by atoms with E-state index >= 15 is 0 Å². The van der Waals surface area contributed by atoms with Crippen LogP contribution in [0.25, 0.3) is 0 Å². The van der Waals surface area contributed by atoms with Gasteiger partial charge in [0.15, 0.2) is 6.29 Å². The van der Waals surface area contributed by atoms with Crippen LogP contribution in [0.1, 0.15) is 19.8 Å². The van der Waals surface area contributed by atoms with Crippen LogP contribution in [-0.4, -0.2) is 34.7 Å². The number of aliphatic hydroxyl groups is 2. The van der Waals surface area contributed by atoms with Gasteiger partial charge in [0.05, 0.1) is 15.4 Å². The van der Waals surface area contributed by atoms with Gasteiger partial charge in [-0.1, -0.05) is 6.92 Å². The number of hydrogen-bond acceptors (Lipinski definition) is 5. The zero-order valence-electron chi connectivity index (χ0n) is 7.10. The summed E-state index contributed by atoms with van der Waals surface area (Å²) in [6.07, 6.45) is -2.05. The average Bonchev–Trinajstić information content (AvgIpc) is 1.79. The van der Waals surface area contributed by atoms with Crippen LogP contribution in [0.2, 0.25) is 0 Å². The first-order chi connectivity index (χ1) is 4.88. The summed E-state index contributed by atoms with van der Waals surface area (Å²) >= 11 is 0. The molecule has 12 heavy (non-hydrogen) atoms. The average molecular weight is 206 g/mol. The second kappa shape index (κ2) is 6.31. The van der Waals surface area contributed by atoms with Gasteiger partial charge < -0.3 is 14.8 Å². The van der Waals surface area contributed by atoms with Crippen molar-refractivity contribution >= 4 is 10.1 Å². The van der Waals surface area contributed by atoms with Crippen molar-refractivity contribution in [2.75, 3.05) is 0 Å². The molecule has 0 aliphatic carbocycles. The second-order valence-corrected chi connectivity index (χ2v) is 3.89. The quantitative estimate of drug-likeness (QED) is 0.278. The molecule has 0 aromatic rings. The summed E-state index contributed by atoms with van der Waals surface area (Å²) in [5.74, 6) is 0. The minimum absolute atomic E-state index is 0. The van der Waals surface area contributed by atoms with Crippen molar-refractivity contribution in [1.29, 1.82) is 0 Å². The minimum atomic E-state index is -4.38. The van der Waals surface area contributed by atoms with Gasteiger partial charge in [-0.15, -0.1) is 0 Å². The summed E-state index contributed by atoms with van der Waals surface area (Å²) in [5.41, 5.74) is 0. The van der Waals surface area contributed by atoms with E-state index in [9.17, 15) is 13.0 Å². The SMILES string of the molecule is CCC(CC(O)O)S(=O)(=O)[O-].[Na+]. The Balaban J connectivity index is 0. The van der Waals surface area contributed by atoms with E-state index in [0.717, 1.165) is 0 Å². The number of hydrogen-bond donors (Lipinski definition) is 2. The van der Waals surface area contributed by atoms with Crippen LogP contribution >= 0.6 is 0 Å². The van der Waals surface area contributed by atoms with Crippen molar-refractivity contribution in [2.24, 2.45) is 0 Å². The summed E-state index contributed by atoms with van der Waals surface area (Å²) in [6.45, 7) is 1.50. The van der Waals surface area contributed by atoms with Gasteiger partial charge in [-0.05, 0) is 6.42 Å². The van der Waals surface area contributed by atoms with Crippen LogP contribution in [0.5, 0.6) is 0 Å². The second-order valence-electron chi connectivity index (χ2n) is 2.24. The van der Waals surface area contributed by atoms with Crippen molar-refractivity contribution < 1.29 is 52.7 Å². The zero-order valence-corrected chi connectivity index (χ0v) is 9.91. The van der Waals surface area contributed by atoms with Crippen molar-refractivity contribution in [3.8, 4) is 0 Å². The van der Waals surface area contributed by atoms with Gasteiger partial charge in [0.2, 0.25) is 0 Å². The topological polar surface area (TPSA) is 97.7 Å². The molecule has 0 amide bonds.